The van der Waals surface area contributed by atoms with Gasteiger partial charge in [0.1, 0.15) is 0 Å². The van der Waals surface area contributed by atoms with Crippen molar-refractivity contribution in [2.75, 3.05) is 5.32 Å². The van der Waals surface area contributed by atoms with Crippen molar-refractivity contribution >= 4 is 34.2 Å². The van der Waals surface area contributed by atoms with Gasteiger partial charge in [-0.1, -0.05) is 48.0 Å². The highest BCUT2D eigenvalue weighted by Gasteiger charge is 2.09. The largest absolute Gasteiger partial charge is 0.309 e. The number of fused-ring (bicyclic) bond motifs is 1. The number of amides is 1. The van der Waals surface area contributed by atoms with Gasteiger partial charge in [-0.15, -0.1) is 0 Å². The molecule has 0 radical (unpaired) electrons. The molecule has 0 bridgehead atoms. The van der Waals surface area contributed by atoms with Gasteiger partial charge in [0, 0.05) is 24.1 Å². The maximum absolute atomic E-state index is 12.3. The fourth-order valence-electron chi connectivity index (χ4n) is 2.95. The van der Waals surface area contributed by atoms with Gasteiger partial charge >= 0.3 is 0 Å². The van der Waals surface area contributed by atoms with Crippen LogP contribution in [0.3, 0.4) is 0 Å². The number of rotatable bonds is 6. The Morgan fingerprint density at radius 2 is 1.93 bits per heavy atom. The summed E-state index contributed by atoms with van der Waals surface area (Å²) < 4.78 is 3.59. The van der Waals surface area contributed by atoms with E-state index in [0.717, 1.165) is 16.5 Å². The number of benzene rings is 2. The number of halogens is 1. The molecule has 6 nitrogen and oxygen atoms in total. The van der Waals surface area contributed by atoms with Gasteiger partial charge in [0.15, 0.2) is 5.82 Å². The van der Waals surface area contributed by atoms with E-state index in [1.807, 2.05) is 54.7 Å². The predicted octanol–water partition coefficient (Wildman–Crippen LogP) is 3.96. The van der Waals surface area contributed by atoms with Crippen LogP contribution in [-0.4, -0.2) is 25.5 Å². The Labute approximate surface area is 161 Å². The Hall–Kier alpha value is -3.12. The second kappa shape index (κ2) is 7.63. The molecule has 2 heterocycles. The van der Waals surface area contributed by atoms with Crippen molar-refractivity contribution in [1.29, 1.82) is 0 Å². The minimum atomic E-state index is -0.106. The summed E-state index contributed by atoms with van der Waals surface area (Å²) in [6.07, 6.45) is 3.88. The van der Waals surface area contributed by atoms with Gasteiger partial charge in [0.2, 0.25) is 5.91 Å². The molecule has 27 heavy (non-hydrogen) atoms. The Kier molecular flexibility index (Phi) is 4.89. The molecule has 1 amide bonds. The zero-order valence-corrected chi connectivity index (χ0v) is 15.3. The van der Waals surface area contributed by atoms with Gasteiger partial charge in [0.05, 0.1) is 29.8 Å². The molecule has 0 atom stereocenters. The zero-order chi connectivity index (χ0) is 18.6. The summed E-state index contributed by atoms with van der Waals surface area (Å²) >= 11 is 6.16. The molecular weight excluding hydrogens is 362 g/mol. The topological polar surface area (TPSA) is 64.7 Å². The van der Waals surface area contributed by atoms with Crippen molar-refractivity contribution in [2.24, 2.45) is 0 Å². The third-order valence-electron chi connectivity index (χ3n) is 4.28. The average molecular weight is 380 g/mol. The Morgan fingerprint density at radius 3 is 2.78 bits per heavy atom. The fourth-order valence-corrected chi connectivity index (χ4v) is 3.16. The van der Waals surface area contributed by atoms with Crippen molar-refractivity contribution in [3.63, 3.8) is 0 Å². The lowest BCUT2D eigenvalue weighted by Gasteiger charge is -2.05. The van der Waals surface area contributed by atoms with Crippen molar-refractivity contribution in [1.82, 2.24) is 19.6 Å². The predicted molar refractivity (Wildman–Crippen MR) is 106 cm³/mol. The highest BCUT2D eigenvalue weighted by Crippen LogP contribution is 2.22. The molecule has 0 saturated heterocycles. The summed E-state index contributed by atoms with van der Waals surface area (Å²) in [5, 5.41) is 13.1. The van der Waals surface area contributed by atoms with Crippen LogP contribution in [0.1, 0.15) is 12.0 Å². The molecule has 1 N–H and O–H groups in total. The molecule has 136 valence electrons. The molecule has 0 aliphatic heterocycles. The quantitative estimate of drug-likeness (QED) is 0.551. The van der Waals surface area contributed by atoms with E-state index in [1.165, 1.54) is 0 Å². The van der Waals surface area contributed by atoms with Gasteiger partial charge in [-0.2, -0.15) is 10.2 Å². The van der Waals surface area contributed by atoms with Crippen LogP contribution in [0.2, 0.25) is 5.02 Å². The number of hydrogen-bond donors (Lipinski definition) is 1. The van der Waals surface area contributed by atoms with Crippen molar-refractivity contribution in [3.8, 4) is 0 Å². The summed E-state index contributed by atoms with van der Waals surface area (Å²) in [7, 11) is 0. The average Bonchev–Trinajstić information content (AvgIpc) is 3.28. The summed E-state index contributed by atoms with van der Waals surface area (Å²) in [5.41, 5.74) is 2.07. The highest BCUT2D eigenvalue weighted by atomic mass is 35.5. The van der Waals surface area contributed by atoms with E-state index in [9.17, 15) is 4.79 Å². The summed E-state index contributed by atoms with van der Waals surface area (Å²) in [6, 6.07) is 17.5. The van der Waals surface area contributed by atoms with Crippen LogP contribution in [0.4, 0.5) is 5.82 Å². The van der Waals surface area contributed by atoms with Crippen LogP contribution in [0.15, 0.2) is 67.0 Å². The second-order valence-electron chi connectivity index (χ2n) is 6.22. The van der Waals surface area contributed by atoms with Crippen molar-refractivity contribution < 1.29 is 4.79 Å². The molecule has 4 aromatic rings. The van der Waals surface area contributed by atoms with Gasteiger partial charge < -0.3 is 5.32 Å². The van der Waals surface area contributed by atoms with E-state index in [1.54, 1.807) is 21.6 Å². The Bertz CT molecular complexity index is 1070. The molecule has 0 unspecified atom stereocenters. The number of aromatic nitrogens is 4. The first-order valence-corrected chi connectivity index (χ1v) is 9.04. The van der Waals surface area contributed by atoms with Crippen LogP contribution in [0.25, 0.3) is 10.9 Å². The first kappa shape index (κ1) is 17.3. The van der Waals surface area contributed by atoms with E-state index in [0.29, 0.717) is 30.4 Å². The molecule has 0 aliphatic rings. The third kappa shape index (κ3) is 4.01. The van der Waals surface area contributed by atoms with Crippen LogP contribution in [-0.2, 0) is 17.9 Å². The lowest BCUT2D eigenvalue weighted by Crippen LogP contribution is -2.15. The fraction of sp³-hybridized carbons (Fsp3) is 0.150. The molecule has 2 aromatic carbocycles. The number of aryl methyl sites for hydroxylation is 1. The van der Waals surface area contributed by atoms with E-state index in [2.05, 4.69) is 15.5 Å². The number of hydrogen-bond acceptors (Lipinski definition) is 3. The number of nitrogens with one attached hydrogen (secondary N) is 1. The van der Waals surface area contributed by atoms with E-state index < -0.39 is 0 Å². The molecular formula is C20H18ClN5O. The molecule has 0 saturated carbocycles. The SMILES string of the molecule is O=C(CCn1ncc2c(Cl)cccc21)Nc1ccn(Cc2ccccc2)n1. The Morgan fingerprint density at radius 1 is 1.07 bits per heavy atom. The zero-order valence-electron chi connectivity index (χ0n) is 14.5. The smallest absolute Gasteiger partial charge is 0.227 e. The summed E-state index contributed by atoms with van der Waals surface area (Å²) in [6.45, 7) is 1.14. The van der Waals surface area contributed by atoms with Gasteiger partial charge in [-0.3, -0.25) is 14.2 Å². The van der Waals surface area contributed by atoms with E-state index in [4.69, 9.17) is 11.6 Å². The van der Waals surface area contributed by atoms with Gasteiger partial charge in [-0.05, 0) is 17.7 Å². The molecule has 0 fully saturated rings. The standard InChI is InChI=1S/C20H18ClN5O/c21-17-7-4-8-18-16(17)13-22-26(18)12-10-20(27)23-19-9-11-25(24-19)14-15-5-2-1-3-6-15/h1-9,11,13H,10,12,14H2,(H,23,24,27). The van der Waals surface area contributed by atoms with E-state index in [-0.39, 0.29) is 5.91 Å². The minimum Gasteiger partial charge on any atom is -0.309 e. The molecule has 0 aliphatic carbocycles. The molecule has 7 heteroatoms. The van der Waals surface area contributed by atoms with Crippen LogP contribution < -0.4 is 5.32 Å². The molecule has 2 aromatic heterocycles. The van der Waals surface area contributed by atoms with Gasteiger partial charge in [0.25, 0.3) is 0 Å². The summed E-state index contributed by atoms with van der Waals surface area (Å²) in [4.78, 5) is 12.3. The number of anilines is 1. The molecule has 0 spiro atoms. The number of nitrogens with zero attached hydrogens (tertiary/aromatic N) is 4. The Balaban J connectivity index is 1.35. The highest BCUT2D eigenvalue weighted by molar-refractivity contribution is 6.35. The maximum atomic E-state index is 12.3. The third-order valence-corrected chi connectivity index (χ3v) is 4.61. The molecule has 4 rings (SSSR count). The van der Waals surface area contributed by atoms with Gasteiger partial charge in [-0.25, -0.2) is 0 Å². The minimum absolute atomic E-state index is 0.106. The number of carbonyl (C=O) groups excluding carboxylic acids is 1. The maximum Gasteiger partial charge on any atom is 0.227 e. The summed E-state index contributed by atoms with van der Waals surface area (Å²) in [5.74, 6) is 0.440. The lowest BCUT2D eigenvalue weighted by molar-refractivity contribution is -0.116. The van der Waals surface area contributed by atoms with Crippen molar-refractivity contribution in [3.05, 3.63) is 77.6 Å². The van der Waals surface area contributed by atoms with Crippen LogP contribution >= 0.6 is 11.6 Å². The van der Waals surface area contributed by atoms with E-state index >= 15 is 0 Å². The normalized spacial score (nSPS) is 11.0. The van der Waals surface area contributed by atoms with Crippen LogP contribution in [0, 0.1) is 0 Å². The first-order chi connectivity index (χ1) is 13.2. The second-order valence-corrected chi connectivity index (χ2v) is 6.63. The van der Waals surface area contributed by atoms with Crippen LogP contribution in [0.5, 0.6) is 0 Å². The van der Waals surface area contributed by atoms with Crippen molar-refractivity contribution in [2.45, 2.75) is 19.5 Å². The monoisotopic (exact) mass is 379 g/mol. The number of carbonyl (C=O) groups is 1. The first-order valence-electron chi connectivity index (χ1n) is 8.66. The lowest BCUT2D eigenvalue weighted by atomic mass is 10.2.